The number of hydrogen-bond donors (Lipinski definition) is 3. The van der Waals surface area contributed by atoms with Crippen molar-refractivity contribution >= 4 is 28.3 Å². The van der Waals surface area contributed by atoms with Crippen LogP contribution < -0.4 is 16.4 Å². The number of carbonyl (C=O) groups excluding carboxylic acids is 1. The lowest BCUT2D eigenvalue weighted by molar-refractivity contribution is -0.119. The molecule has 23 heavy (non-hydrogen) atoms. The van der Waals surface area contributed by atoms with E-state index in [2.05, 4.69) is 20.6 Å². The topological polar surface area (TPSA) is 115 Å². The van der Waals surface area contributed by atoms with Gasteiger partial charge in [0.05, 0.1) is 13.2 Å². The van der Waals surface area contributed by atoms with E-state index in [4.69, 9.17) is 14.9 Å². The van der Waals surface area contributed by atoms with Crippen LogP contribution in [0.5, 0.6) is 0 Å². The lowest BCUT2D eigenvalue weighted by Crippen LogP contribution is -2.33. The summed E-state index contributed by atoms with van der Waals surface area (Å²) in [6, 6.07) is 3.61. The van der Waals surface area contributed by atoms with E-state index >= 15 is 0 Å². The summed E-state index contributed by atoms with van der Waals surface area (Å²) in [5.74, 6) is 1.46. The van der Waals surface area contributed by atoms with Gasteiger partial charge in [0.1, 0.15) is 11.5 Å². The molecule has 4 N–H and O–H groups in total. The first-order chi connectivity index (χ1) is 11.1. The first-order valence-corrected chi connectivity index (χ1v) is 7.82. The fourth-order valence-corrected chi connectivity index (χ4v) is 2.36. The zero-order valence-corrected chi connectivity index (χ0v) is 13.8. The Labute approximate surface area is 137 Å². The van der Waals surface area contributed by atoms with Gasteiger partial charge >= 0.3 is 0 Å². The summed E-state index contributed by atoms with van der Waals surface area (Å²) in [7, 11) is 1.62. The van der Waals surface area contributed by atoms with Crippen LogP contribution in [-0.4, -0.2) is 37.1 Å². The Bertz CT molecular complexity index is 680. The molecular formula is C14H19N5O3S. The van der Waals surface area contributed by atoms with Crippen LogP contribution in [0.15, 0.2) is 26.9 Å². The Kier molecular flexibility index (Phi) is 6.12. The summed E-state index contributed by atoms with van der Waals surface area (Å²) >= 11 is 1.36. The molecule has 0 spiro atoms. The third-order valence-corrected chi connectivity index (χ3v) is 3.48. The Morgan fingerprint density at radius 3 is 3.04 bits per heavy atom. The van der Waals surface area contributed by atoms with Gasteiger partial charge in [-0.1, -0.05) is 0 Å². The van der Waals surface area contributed by atoms with Crippen molar-refractivity contribution < 1.29 is 13.9 Å². The molecule has 2 aromatic heterocycles. The van der Waals surface area contributed by atoms with Crippen LogP contribution in [0.2, 0.25) is 0 Å². The average molecular weight is 337 g/mol. The fourth-order valence-electron chi connectivity index (χ4n) is 1.67. The van der Waals surface area contributed by atoms with Gasteiger partial charge in [0.15, 0.2) is 11.7 Å². The van der Waals surface area contributed by atoms with E-state index in [9.17, 15) is 4.79 Å². The molecule has 0 unspecified atom stereocenters. The Morgan fingerprint density at radius 2 is 2.30 bits per heavy atom. The summed E-state index contributed by atoms with van der Waals surface area (Å²) in [4.78, 5) is 19.4. The number of amides is 1. The molecule has 0 bridgehead atoms. The quantitative estimate of drug-likeness (QED) is 0.397. The van der Waals surface area contributed by atoms with Gasteiger partial charge in [-0.15, -0.1) is 11.3 Å². The maximum absolute atomic E-state index is 10.9. The first kappa shape index (κ1) is 17.0. The first-order valence-electron chi connectivity index (χ1n) is 6.94. The number of thiazole rings is 1. The molecule has 0 saturated carbocycles. The van der Waals surface area contributed by atoms with E-state index in [0.29, 0.717) is 42.0 Å². The minimum Gasteiger partial charge on any atom is -0.458 e. The molecule has 0 aliphatic heterocycles. The zero-order chi connectivity index (χ0) is 16.7. The van der Waals surface area contributed by atoms with E-state index in [1.165, 1.54) is 18.3 Å². The van der Waals surface area contributed by atoms with Crippen LogP contribution in [0.3, 0.4) is 0 Å². The highest BCUT2D eigenvalue weighted by Crippen LogP contribution is 2.28. The average Bonchev–Trinajstić information content (AvgIpc) is 3.14. The van der Waals surface area contributed by atoms with Crippen LogP contribution in [0, 0.1) is 0 Å². The van der Waals surface area contributed by atoms with Gasteiger partial charge in [-0.05, 0) is 12.1 Å². The number of nitrogens with zero attached hydrogens (tertiary/aromatic N) is 2. The van der Waals surface area contributed by atoms with Crippen molar-refractivity contribution in [2.75, 3.05) is 20.3 Å². The van der Waals surface area contributed by atoms with Crippen molar-refractivity contribution in [2.24, 2.45) is 10.7 Å². The number of rotatable bonds is 7. The number of furan rings is 1. The van der Waals surface area contributed by atoms with Crippen molar-refractivity contribution in [1.82, 2.24) is 15.6 Å². The van der Waals surface area contributed by atoms with E-state index in [-0.39, 0.29) is 11.9 Å². The Hall–Kier alpha value is -2.39. The minimum absolute atomic E-state index is 0.107. The standard InChI is InChI=1S/C14H19N5O3S/c1-9(20)17-7-10-3-4-12(22-10)11-8-23-14(18-11)19-13(15)16-5-6-21-2/h3-4,8H,5-7H2,1-2H3,(H,17,20)(H3,15,16,18,19). The Balaban J connectivity index is 1.98. The molecule has 2 aromatic rings. The van der Waals surface area contributed by atoms with E-state index < -0.39 is 0 Å². The van der Waals surface area contributed by atoms with E-state index in [1.54, 1.807) is 19.2 Å². The van der Waals surface area contributed by atoms with Crippen molar-refractivity contribution in [1.29, 1.82) is 0 Å². The molecule has 0 aliphatic carbocycles. The van der Waals surface area contributed by atoms with Crippen LogP contribution in [0.1, 0.15) is 12.7 Å². The molecule has 0 atom stereocenters. The lowest BCUT2D eigenvalue weighted by Gasteiger charge is -2.02. The van der Waals surface area contributed by atoms with Crippen LogP contribution in [-0.2, 0) is 16.1 Å². The molecular weight excluding hydrogens is 318 g/mol. The third-order valence-electron chi connectivity index (χ3n) is 2.75. The number of nitrogens with one attached hydrogen (secondary N) is 2. The second-order valence-corrected chi connectivity index (χ2v) is 5.44. The number of guanidine groups is 1. The highest BCUT2D eigenvalue weighted by molar-refractivity contribution is 7.13. The van der Waals surface area contributed by atoms with E-state index in [1.807, 2.05) is 5.38 Å². The molecule has 124 valence electrons. The normalized spacial score (nSPS) is 11.5. The maximum Gasteiger partial charge on any atom is 0.217 e. The van der Waals surface area contributed by atoms with Gasteiger partial charge in [-0.3, -0.25) is 4.79 Å². The summed E-state index contributed by atoms with van der Waals surface area (Å²) in [5.41, 5.74) is 6.43. The molecule has 8 nitrogen and oxygen atoms in total. The number of carbonyl (C=O) groups is 1. The number of methoxy groups -OCH3 is 1. The molecule has 9 heteroatoms. The van der Waals surface area contributed by atoms with Crippen LogP contribution >= 0.6 is 11.3 Å². The number of aliphatic imine (C=N–C) groups is 1. The van der Waals surface area contributed by atoms with Crippen molar-refractivity contribution in [3.63, 3.8) is 0 Å². The molecule has 2 rings (SSSR count). The minimum atomic E-state index is -0.107. The fraction of sp³-hybridized carbons (Fsp3) is 0.357. The SMILES string of the molecule is COCCNC(N)=Nc1nc(-c2ccc(CNC(C)=O)o2)cs1. The lowest BCUT2D eigenvalue weighted by atomic mass is 10.3. The number of nitrogens with two attached hydrogens (primary N) is 1. The van der Waals surface area contributed by atoms with Gasteiger partial charge in [-0.2, -0.15) is 4.99 Å². The van der Waals surface area contributed by atoms with Crippen LogP contribution in [0.4, 0.5) is 5.13 Å². The zero-order valence-electron chi connectivity index (χ0n) is 13.0. The third kappa shape index (κ3) is 5.38. The second kappa shape index (κ2) is 8.30. The molecule has 0 saturated heterocycles. The molecule has 0 aromatic carbocycles. The second-order valence-electron chi connectivity index (χ2n) is 4.61. The predicted octanol–water partition coefficient (Wildman–Crippen LogP) is 1.22. The highest BCUT2D eigenvalue weighted by Gasteiger charge is 2.09. The summed E-state index contributed by atoms with van der Waals surface area (Å²) < 4.78 is 10.6. The van der Waals surface area contributed by atoms with Crippen molar-refractivity contribution in [3.05, 3.63) is 23.3 Å². The smallest absolute Gasteiger partial charge is 0.217 e. The molecule has 1 amide bonds. The summed E-state index contributed by atoms with van der Waals surface area (Å²) in [6.07, 6.45) is 0. The van der Waals surface area contributed by atoms with Gasteiger partial charge < -0.3 is 25.5 Å². The number of ether oxygens (including phenoxy) is 1. The summed E-state index contributed by atoms with van der Waals surface area (Å²) in [5, 5.41) is 7.96. The Morgan fingerprint density at radius 1 is 1.48 bits per heavy atom. The van der Waals surface area contributed by atoms with Crippen molar-refractivity contribution in [3.8, 4) is 11.5 Å². The highest BCUT2D eigenvalue weighted by atomic mass is 32.1. The molecule has 0 fully saturated rings. The van der Waals surface area contributed by atoms with Crippen LogP contribution in [0.25, 0.3) is 11.5 Å². The van der Waals surface area contributed by atoms with Gasteiger partial charge in [-0.25, -0.2) is 4.98 Å². The van der Waals surface area contributed by atoms with Gasteiger partial charge in [0.2, 0.25) is 11.0 Å². The molecule has 2 heterocycles. The maximum atomic E-state index is 10.9. The molecule has 0 aliphatic rings. The monoisotopic (exact) mass is 337 g/mol. The number of aromatic nitrogens is 1. The van der Waals surface area contributed by atoms with E-state index in [0.717, 1.165) is 0 Å². The predicted molar refractivity (Wildman–Crippen MR) is 88.5 cm³/mol. The van der Waals surface area contributed by atoms with Gasteiger partial charge in [0, 0.05) is 26.0 Å². The summed E-state index contributed by atoms with van der Waals surface area (Å²) in [6.45, 7) is 2.93. The van der Waals surface area contributed by atoms with Crippen molar-refractivity contribution in [2.45, 2.75) is 13.5 Å². The van der Waals surface area contributed by atoms with Gasteiger partial charge in [0.25, 0.3) is 0 Å². The largest absolute Gasteiger partial charge is 0.458 e. The number of hydrogen-bond acceptors (Lipinski definition) is 6. The molecule has 0 radical (unpaired) electrons.